The zero-order chi connectivity index (χ0) is 53.8. The largest absolute Gasteiger partial charge is 0.490 e. The maximum absolute atomic E-state index is 13.5. The number of carbonyl (C=O) groups excluding carboxylic acids is 7. The molecule has 16 nitrogen and oxygen atoms in total. The van der Waals surface area contributed by atoms with E-state index in [1.54, 1.807) is 49.4 Å². The second kappa shape index (κ2) is 27.0. The molecule has 0 atom stereocenters. The van der Waals surface area contributed by atoms with Crippen LogP contribution in [0.15, 0.2) is 176 Å². The van der Waals surface area contributed by atoms with E-state index < -0.39 is 47.5 Å². The zero-order valence-corrected chi connectivity index (χ0v) is 41.2. The fourth-order valence-electron chi connectivity index (χ4n) is 5.41. The van der Waals surface area contributed by atoms with E-state index in [9.17, 15) is 33.6 Å². The zero-order valence-electron chi connectivity index (χ0n) is 41.2. The van der Waals surface area contributed by atoms with E-state index in [1.165, 1.54) is 94.6 Å². The summed E-state index contributed by atoms with van der Waals surface area (Å²) in [6.45, 7) is 25.1. The van der Waals surface area contributed by atoms with Crippen molar-refractivity contribution in [3.05, 3.63) is 181 Å². The average Bonchev–Trinajstić information content (AvgIpc) is 3.36. The third-order valence-corrected chi connectivity index (χ3v) is 9.29. The summed E-state index contributed by atoms with van der Waals surface area (Å²) in [5.74, 6) is -6.03. The fourth-order valence-corrected chi connectivity index (χ4v) is 5.41. The first-order chi connectivity index (χ1) is 34.7. The first-order valence-corrected chi connectivity index (χ1v) is 22.0. The van der Waals surface area contributed by atoms with E-state index in [1.807, 2.05) is 13.8 Å². The maximum Gasteiger partial charge on any atom is 0.339 e. The normalized spacial score (nSPS) is 11.1. The third kappa shape index (κ3) is 17.4. The number of carbonyl (C=O) groups is 7. The highest BCUT2D eigenvalue weighted by Crippen LogP contribution is 2.41. The monoisotopic (exact) mass is 992 g/mol. The van der Waals surface area contributed by atoms with Crippen molar-refractivity contribution in [1.29, 1.82) is 0 Å². The SMILES string of the molecule is C=CC(=O)Oc1ccc(OC/C=C/c2cc(OC(=O)/C=C/C=C(\C)C(=O)Oc3cc(-c4ccc(OC(=O)C(=C)C)c(OC=C(C)C)c4)ccc3OC(=O)C(=C)C)c(OC(=O)C=C)c(OC(=O)/C(C)=C/C)c2)cc1. The van der Waals surface area contributed by atoms with Crippen molar-refractivity contribution in [3.8, 4) is 62.9 Å². The van der Waals surface area contributed by atoms with Gasteiger partial charge in [-0.1, -0.05) is 62.8 Å². The van der Waals surface area contributed by atoms with Crippen LogP contribution in [0.25, 0.3) is 17.2 Å². The fraction of sp³-hybridized carbons (Fsp3) is 0.140. The molecule has 0 heterocycles. The molecule has 0 saturated carbocycles. The molecule has 0 unspecified atom stereocenters. The van der Waals surface area contributed by atoms with Gasteiger partial charge in [0.05, 0.1) is 6.26 Å². The number of hydrogen-bond acceptors (Lipinski definition) is 16. The molecule has 4 aromatic rings. The minimum Gasteiger partial charge on any atom is -0.490 e. The Bertz CT molecular complexity index is 3010. The Morgan fingerprint density at radius 1 is 0.521 bits per heavy atom. The molecule has 4 aromatic carbocycles. The number of hydrogen-bond donors (Lipinski definition) is 0. The van der Waals surface area contributed by atoms with Gasteiger partial charge in [-0.25, -0.2) is 33.6 Å². The Hall–Kier alpha value is -9.57. The van der Waals surface area contributed by atoms with Crippen LogP contribution >= 0.6 is 0 Å². The number of ether oxygens (including phenoxy) is 9. The average molecular weight is 993 g/mol. The van der Waals surface area contributed by atoms with Crippen LogP contribution in [0.4, 0.5) is 0 Å². The van der Waals surface area contributed by atoms with Gasteiger partial charge in [-0.3, -0.25) is 0 Å². The molecule has 0 aromatic heterocycles. The molecule has 73 heavy (non-hydrogen) atoms. The van der Waals surface area contributed by atoms with Gasteiger partial charge in [-0.05, 0) is 137 Å². The van der Waals surface area contributed by atoms with Gasteiger partial charge in [0.1, 0.15) is 18.1 Å². The first kappa shape index (κ1) is 56.0. The number of allylic oxidation sites excluding steroid dienone is 4. The van der Waals surface area contributed by atoms with E-state index in [0.29, 0.717) is 22.4 Å². The minimum absolute atomic E-state index is 0.0247. The number of rotatable bonds is 22. The van der Waals surface area contributed by atoms with Crippen molar-refractivity contribution in [3.63, 3.8) is 0 Å². The van der Waals surface area contributed by atoms with E-state index in [-0.39, 0.29) is 69.1 Å². The van der Waals surface area contributed by atoms with Crippen LogP contribution in [-0.2, 0) is 33.6 Å². The second-order valence-corrected chi connectivity index (χ2v) is 15.6. The van der Waals surface area contributed by atoms with Crippen LogP contribution in [0, 0.1) is 0 Å². The quantitative estimate of drug-likeness (QED) is 0.0236. The molecule has 0 aliphatic carbocycles. The van der Waals surface area contributed by atoms with Crippen LogP contribution in [0.2, 0.25) is 0 Å². The molecular weight excluding hydrogens is 941 g/mol. The lowest BCUT2D eigenvalue weighted by molar-refractivity contribution is -0.133. The highest BCUT2D eigenvalue weighted by atomic mass is 16.6. The van der Waals surface area contributed by atoms with Crippen LogP contribution in [-0.4, -0.2) is 48.4 Å². The molecule has 376 valence electrons. The smallest absolute Gasteiger partial charge is 0.339 e. The predicted molar refractivity (Wildman–Crippen MR) is 271 cm³/mol. The molecule has 0 spiro atoms. The van der Waals surface area contributed by atoms with E-state index >= 15 is 0 Å². The van der Waals surface area contributed by atoms with Crippen molar-refractivity contribution in [1.82, 2.24) is 0 Å². The molecule has 0 fully saturated rings. The van der Waals surface area contributed by atoms with Gasteiger partial charge < -0.3 is 42.6 Å². The summed E-state index contributed by atoms with van der Waals surface area (Å²) < 4.78 is 49.9. The lowest BCUT2D eigenvalue weighted by Crippen LogP contribution is -2.14. The summed E-state index contributed by atoms with van der Waals surface area (Å²) in [6, 6.07) is 18.2. The van der Waals surface area contributed by atoms with Gasteiger partial charge >= 0.3 is 41.8 Å². The molecular formula is C57H52O16. The summed E-state index contributed by atoms with van der Waals surface area (Å²) in [6.07, 6.45) is 11.4. The van der Waals surface area contributed by atoms with Gasteiger partial charge in [0, 0.05) is 40.5 Å². The van der Waals surface area contributed by atoms with Gasteiger partial charge in [0.2, 0.25) is 5.75 Å². The lowest BCUT2D eigenvalue weighted by Gasteiger charge is -2.15. The van der Waals surface area contributed by atoms with Crippen LogP contribution < -0.4 is 42.6 Å². The molecule has 0 saturated heterocycles. The van der Waals surface area contributed by atoms with Crippen molar-refractivity contribution in [2.45, 2.75) is 48.5 Å². The summed E-state index contributed by atoms with van der Waals surface area (Å²) in [7, 11) is 0. The lowest BCUT2D eigenvalue weighted by atomic mass is 10.0. The van der Waals surface area contributed by atoms with Crippen molar-refractivity contribution < 1.29 is 76.2 Å². The third-order valence-electron chi connectivity index (χ3n) is 9.29. The van der Waals surface area contributed by atoms with Crippen LogP contribution in [0.1, 0.15) is 54.0 Å². The Morgan fingerprint density at radius 2 is 1.03 bits per heavy atom. The molecule has 0 amide bonds. The second-order valence-electron chi connectivity index (χ2n) is 15.6. The molecule has 16 heteroatoms. The maximum atomic E-state index is 13.5. The molecule has 0 radical (unpaired) electrons. The highest BCUT2D eigenvalue weighted by Gasteiger charge is 2.23. The van der Waals surface area contributed by atoms with Gasteiger partial charge in [-0.15, -0.1) is 0 Å². The first-order valence-electron chi connectivity index (χ1n) is 22.0. The summed E-state index contributed by atoms with van der Waals surface area (Å²) in [5, 5.41) is 0. The Labute approximate surface area is 422 Å². The van der Waals surface area contributed by atoms with Crippen LogP contribution in [0.5, 0.6) is 51.7 Å². The molecule has 0 bridgehead atoms. The van der Waals surface area contributed by atoms with Gasteiger partial charge in [-0.2, -0.15) is 0 Å². The Morgan fingerprint density at radius 3 is 1.59 bits per heavy atom. The molecule has 0 N–H and O–H groups in total. The van der Waals surface area contributed by atoms with Crippen molar-refractivity contribution >= 4 is 47.9 Å². The van der Waals surface area contributed by atoms with E-state index in [4.69, 9.17) is 42.6 Å². The summed E-state index contributed by atoms with van der Waals surface area (Å²) >= 11 is 0. The van der Waals surface area contributed by atoms with Crippen molar-refractivity contribution in [2.75, 3.05) is 6.61 Å². The number of esters is 7. The summed E-state index contributed by atoms with van der Waals surface area (Å²) in [4.78, 5) is 88.8. The van der Waals surface area contributed by atoms with Gasteiger partial charge in [0.25, 0.3) is 0 Å². The standard InChI is InChI=1S/C57H52O16/c1-12-37(10)56(63)72-49-30-39(18-16-28-65-42-22-24-43(25-23-42)67-50(58)13-2)29-48(53(49)73-51(59)14-3)68-52(60)19-15-17-38(11)57(64)71-47-32-41(21-27-45(47)70-55(62)36(8)9)40-20-26-44(69-54(61)35(6)7)46(31-40)66-33-34(4)5/h12-27,29-33H,2-3,6,8,28H2,1,4-5,7,9-11H3/b18-16+,19-15+,37-12+,38-17+. The minimum atomic E-state index is -1.02. The molecule has 0 aliphatic heterocycles. The molecule has 0 aliphatic rings. The Balaban J connectivity index is 1.63. The number of benzene rings is 4. The highest BCUT2D eigenvalue weighted by molar-refractivity contribution is 5.94. The van der Waals surface area contributed by atoms with Crippen molar-refractivity contribution in [2.24, 2.45) is 0 Å². The predicted octanol–water partition coefficient (Wildman–Crippen LogP) is 10.8. The topological polar surface area (TPSA) is 203 Å². The van der Waals surface area contributed by atoms with E-state index in [0.717, 1.165) is 23.8 Å². The van der Waals surface area contributed by atoms with Crippen LogP contribution in [0.3, 0.4) is 0 Å². The summed E-state index contributed by atoms with van der Waals surface area (Å²) in [5.41, 5.74) is 2.58. The van der Waals surface area contributed by atoms with Gasteiger partial charge in [0.15, 0.2) is 34.5 Å². The Kier molecular flexibility index (Phi) is 20.7. The molecule has 4 rings (SSSR count). The van der Waals surface area contributed by atoms with E-state index in [2.05, 4.69) is 26.3 Å².